The zero-order chi connectivity index (χ0) is 7.15. The molecule has 6 nitrogen and oxygen atoms in total. The van der Waals surface area contributed by atoms with Crippen molar-refractivity contribution in [3.8, 4) is 0 Å². The Morgan fingerprint density at radius 2 is 0.600 bits per heavy atom. The number of rotatable bonds is 0. The molecule has 1 radical (unpaired) electrons. The van der Waals surface area contributed by atoms with Gasteiger partial charge in [0, 0.05) is 0 Å². The molecule has 0 saturated carbocycles. The number of hydrogen-bond donors (Lipinski definition) is 0. The Hall–Kier alpha value is 0.396. The van der Waals surface area contributed by atoms with Gasteiger partial charge in [-0.1, -0.05) is 0 Å². The second-order valence-corrected chi connectivity index (χ2v) is 0.577. The van der Waals surface area contributed by atoms with Crippen LogP contribution < -0.4 is 30.1 Å². The van der Waals surface area contributed by atoms with E-state index in [1.165, 1.54) is 0 Å². The Morgan fingerprint density at radius 1 is 0.600 bits per heavy atom. The standard InChI is InChI=1S/C.2BO3.Co/c;2*2-1(3)4;/q+4;2*-3;+2. The molecule has 0 rings (SSSR count). The van der Waals surface area contributed by atoms with E-state index in [1.807, 2.05) is 0 Å². The first-order chi connectivity index (χ1) is 3.46. The third-order valence-corrected chi connectivity index (χ3v) is 0. The molecule has 0 aliphatic carbocycles. The van der Waals surface area contributed by atoms with Crippen LogP contribution in [0.2, 0.25) is 0 Å². The van der Waals surface area contributed by atoms with E-state index in [-0.39, 0.29) is 24.2 Å². The quantitative estimate of drug-likeness (QED) is 0.346. The fourth-order valence-electron chi connectivity index (χ4n) is 0. The summed E-state index contributed by atoms with van der Waals surface area (Å²) in [7, 11) is -5.83. The molecule has 55 valence electrons. The van der Waals surface area contributed by atoms with Crippen molar-refractivity contribution in [3.63, 3.8) is 0 Å². The van der Waals surface area contributed by atoms with Crippen LogP contribution in [-0.4, -0.2) is 14.6 Å². The first-order valence-corrected chi connectivity index (χ1v) is 1.41. The molecule has 0 fully saturated rings. The fourth-order valence-corrected chi connectivity index (χ4v) is 0. The molecule has 0 N–H and O–H groups in total. The van der Waals surface area contributed by atoms with Crippen molar-refractivity contribution in [3.05, 3.63) is 7.43 Å². The predicted molar refractivity (Wildman–Crippen MR) is 14.8 cm³/mol. The molecule has 0 aliphatic rings. The third kappa shape index (κ3) is 2920. The molecule has 0 saturated heterocycles. The molecule has 0 spiro atoms. The van der Waals surface area contributed by atoms with Gasteiger partial charge in [-0.3, -0.25) is 14.6 Å². The fraction of sp³-hybridized carbons (Fsp3) is 0. The van der Waals surface area contributed by atoms with Crippen molar-refractivity contribution in [2.24, 2.45) is 0 Å². The van der Waals surface area contributed by atoms with Crippen LogP contribution >= 0.6 is 0 Å². The van der Waals surface area contributed by atoms with Gasteiger partial charge in [-0.15, -0.1) is 0 Å². The molecule has 0 aromatic heterocycles. The number of hydrogen-bond acceptors (Lipinski definition) is 6. The maximum Gasteiger partial charge on any atom is 4.00 e. The van der Waals surface area contributed by atoms with Crippen molar-refractivity contribution >= 4 is 14.6 Å². The summed E-state index contributed by atoms with van der Waals surface area (Å²) in [6.45, 7) is 0. The summed E-state index contributed by atoms with van der Waals surface area (Å²) in [4.78, 5) is 0. The summed E-state index contributed by atoms with van der Waals surface area (Å²) in [6, 6.07) is 0. The van der Waals surface area contributed by atoms with Crippen LogP contribution in [0.1, 0.15) is 0 Å². The van der Waals surface area contributed by atoms with Gasteiger partial charge in [0.05, 0.1) is 0 Å². The van der Waals surface area contributed by atoms with Crippen LogP contribution in [0.5, 0.6) is 0 Å². The van der Waals surface area contributed by atoms with Gasteiger partial charge >= 0.3 is 24.2 Å². The normalized spacial score (nSPS) is 5.40. The Balaban J connectivity index is -0.0000000300. The van der Waals surface area contributed by atoms with Gasteiger partial charge in [0.1, 0.15) is 0 Å². The van der Waals surface area contributed by atoms with Crippen molar-refractivity contribution in [2.75, 3.05) is 0 Å². The molecule has 0 bridgehead atoms. The summed E-state index contributed by atoms with van der Waals surface area (Å²) in [5.41, 5.74) is 0. The average molecular weight is 189 g/mol. The van der Waals surface area contributed by atoms with E-state index < -0.39 is 14.6 Å². The van der Waals surface area contributed by atoms with Crippen molar-refractivity contribution in [1.29, 1.82) is 0 Å². The van der Waals surface area contributed by atoms with E-state index in [2.05, 4.69) is 0 Å². The van der Waals surface area contributed by atoms with Gasteiger partial charge in [0.15, 0.2) is 0 Å². The van der Waals surface area contributed by atoms with Crippen LogP contribution in [0.4, 0.5) is 0 Å². The first-order valence-electron chi connectivity index (χ1n) is 1.41. The Labute approximate surface area is 69.7 Å². The smallest absolute Gasteiger partial charge is 0.907 e. The summed E-state index contributed by atoms with van der Waals surface area (Å²) in [6.07, 6.45) is 0. The van der Waals surface area contributed by atoms with E-state index in [1.54, 1.807) is 0 Å². The Morgan fingerprint density at radius 3 is 0.600 bits per heavy atom. The van der Waals surface area contributed by atoms with Crippen LogP contribution in [-0.2, 0) is 16.8 Å². The SMILES string of the molecule is [C+4].[Co+2].[O-]B([O-])[O-].[O-]B([O-])[O-]. The monoisotopic (exact) mass is 189 g/mol. The van der Waals surface area contributed by atoms with Crippen molar-refractivity contribution in [1.82, 2.24) is 0 Å². The third-order valence-electron chi connectivity index (χ3n) is 0. The average Bonchev–Trinajstić information content (AvgIpc) is 1.25. The van der Waals surface area contributed by atoms with Gasteiger partial charge < -0.3 is 30.1 Å². The van der Waals surface area contributed by atoms with E-state index in [0.29, 0.717) is 0 Å². The van der Waals surface area contributed by atoms with Crippen LogP contribution in [0.25, 0.3) is 0 Å². The molecular formula is CB2CoO6. The van der Waals surface area contributed by atoms with Gasteiger partial charge in [-0.2, -0.15) is 0 Å². The molecule has 0 amide bonds. The van der Waals surface area contributed by atoms with E-state index in [4.69, 9.17) is 30.1 Å². The molecular weight excluding hydrogens is 189 g/mol. The van der Waals surface area contributed by atoms with Crippen LogP contribution in [0.3, 0.4) is 0 Å². The maximum atomic E-state index is 8.42. The Kier molecular flexibility index (Phi) is 36.3. The summed E-state index contributed by atoms with van der Waals surface area (Å²) in [5.74, 6) is 0. The maximum absolute atomic E-state index is 8.42. The predicted octanol–water partition coefficient (Wildman–Crippen LogP) is -7.82. The molecule has 0 unspecified atom stereocenters. The van der Waals surface area contributed by atoms with Gasteiger partial charge in [0.2, 0.25) is 0 Å². The van der Waals surface area contributed by atoms with Crippen LogP contribution in [0.15, 0.2) is 0 Å². The summed E-state index contributed by atoms with van der Waals surface area (Å²) < 4.78 is 0. The van der Waals surface area contributed by atoms with E-state index in [0.717, 1.165) is 0 Å². The van der Waals surface area contributed by atoms with Gasteiger partial charge in [-0.05, 0) is 0 Å². The van der Waals surface area contributed by atoms with E-state index in [9.17, 15) is 0 Å². The Bertz CT molecular complexity index is 31.2. The molecule has 10 heavy (non-hydrogen) atoms. The molecule has 0 heterocycles. The minimum absolute atomic E-state index is 0. The largest absolute Gasteiger partial charge is 4.00 e. The second-order valence-electron chi connectivity index (χ2n) is 0.577. The molecule has 9 heteroatoms. The zero-order valence-electron chi connectivity index (χ0n) is 4.44. The molecule has 0 atom stereocenters. The summed E-state index contributed by atoms with van der Waals surface area (Å²) >= 11 is 0. The first kappa shape index (κ1) is 22.4. The van der Waals surface area contributed by atoms with Gasteiger partial charge in [0.25, 0.3) is 0 Å². The molecule has 0 aromatic rings. The minimum atomic E-state index is -2.92. The van der Waals surface area contributed by atoms with Gasteiger partial charge in [-0.25, -0.2) is 0 Å². The molecule has 0 aliphatic heterocycles. The van der Waals surface area contributed by atoms with Crippen molar-refractivity contribution < 1.29 is 46.9 Å². The molecule has 0 aromatic carbocycles. The minimum Gasteiger partial charge on any atom is -0.907 e. The van der Waals surface area contributed by atoms with Crippen LogP contribution in [0, 0.1) is 7.43 Å². The zero-order valence-corrected chi connectivity index (χ0v) is 5.48. The van der Waals surface area contributed by atoms with E-state index >= 15 is 0 Å². The summed E-state index contributed by atoms with van der Waals surface area (Å²) in [5, 5.41) is 50.5. The second kappa shape index (κ2) is 16.2. The van der Waals surface area contributed by atoms with Crippen molar-refractivity contribution in [2.45, 2.75) is 0 Å². The topological polar surface area (TPSA) is 138 Å².